The highest BCUT2D eigenvalue weighted by Gasteiger charge is 2.18. The predicted octanol–water partition coefficient (Wildman–Crippen LogP) is 3.47. The van der Waals surface area contributed by atoms with Crippen LogP contribution in [0, 0.1) is 27.7 Å². The van der Waals surface area contributed by atoms with E-state index < -0.39 is 0 Å². The van der Waals surface area contributed by atoms with Crippen molar-refractivity contribution in [2.75, 3.05) is 0 Å². The Bertz CT molecular complexity index is 568. The van der Waals surface area contributed by atoms with Gasteiger partial charge in [-0.25, -0.2) is 5.43 Å². The van der Waals surface area contributed by atoms with E-state index in [0.29, 0.717) is 0 Å². The minimum Gasteiger partial charge on any atom is -0.271 e. The largest absolute Gasteiger partial charge is 0.271 e. The summed E-state index contributed by atoms with van der Waals surface area (Å²) in [5.41, 5.74) is 10.6. The molecule has 2 heteroatoms. The summed E-state index contributed by atoms with van der Waals surface area (Å²) in [5.74, 6) is 5.84. The monoisotopic (exact) mass is 254 g/mol. The van der Waals surface area contributed by atoms with E-state index in [9.17, 15) is 0 Å². The smallest absolute Gasteiger partial charge is 0.0717 e. The molecule has 0 aromatic heterocycles. The molecule has 19 heavy (non-hydrogen) atoms. The second-order valence-electron chi connectivity index (χ2n) is 5.19. The Labute approximate surface area is 115 Å². The molecule has 0 spiro atoms. The Morgan fingerprint density at radius 2 is 1.37 bits per heavy atom. The van der Waals surface area contributed by atoms with Gasteiger partial charge in [-0.05, 0) is 61.1 Å². The van der Waals surface area contributed by atoms with Crippen LogP contribution in [-0.2, 0) is 0 Å². The zero-order chi connectivity index (χ0) is 14.0. The molecular weight excluding hydrogens is 232 g/mol. The number of hydrogen-bond acceptors (Lipinski definition) is 2. The van der Waals surface area contributed by atoms with Crippen molar-refractivity contribution < 1.29 is 0 Å². The van der Waals surface area contributed by atoms with Gasteiger partial charge in [-0.3, -0.25) is 5.84 Å². The Balaban J connectivity index is 2.60. The maximum atomic E-state index is 5.84. The van der Waals surface area contributed by atoms with Crippen molar-refractivity contribution >= 4 is 0 Å². The molecule has 0 saturated carbocycles. The maximum Gasteiger partial charge on any atom is 0.0717 e. The summed E-state index contributed by atoms with van der Waals surface area (Å²) in [5, 5.41) is 0. The Morgan fingerprint density at radius 1 is 0.842 bits per heavy atom. The van der Waals surface area contributed by atoms with E-state index in [4.69, 9.17) is 5.84 Å². The maximum absolute atomic E-state index is 5.84. The minimum atomic E-state index is 0.0427. The van der Waals surface area contributed by atoms with Crippen molar-refractivity contribution in [1.29, 1.82) is 0 Å². The third kappa shape index (κ3) is 2.55. The average Bonchev–Trinajstić information content (AvgIpc) is 2.38. The van der Waals surface area contributed by atoms with Gasteiger partial charge in [0.2, 0.25) is 0 Å². The van der Waals surface area contributed by atoms with E-state index in [-0.39, 0.29) is 6.04 Å². The number of aryl methyl sites for hydroxylation is 3. The topological polar surface area (TPSA) is 38.0 Å². The first-order valence-corrected chi connectivity index (χ1v) is 6.64. The molecule has 0 radical (unpaired) electrons. The molecule has 0 bridgehead atoms. The Hall–Kier alpha value is -1.64. The molecule has 3 N–H and O–H groups in total. The van der Waals surface area contributed by atoms with E-state index >= 15 is 0 Å². The molecule has 0 saturated heterocycles. The van der Waals surface area contributed by atoms with Crippen LogP contribution in [0.3, 0.4) is 0 Å². The second kappa shape index (κ2) is 5.55. The van der Waals surface area contributed by atoms with Gasteiger partial charge in [0.1, 0.15) is 0 Å². The molecular formula is C17H22N2. The van der Waals surface area contributed by atoms with Crippen LogP contribution in [0.1, 0.15) is 39.4 Å². The number of nitrogens with two attached hydrogens (primary N) is 1. The van der Waals surface area contributed by atoms with Crippen molar-refractivity contribution in [3.8, 4) is 0 Å². The first-order chi connectivity index (χ1) is 9.06. The SMILES string of the molecule is Cc1cccc(C(NN)c2c(C)cccc2C)c1C. The van der Waals surface area contributed by atoms with Crippen LogP contribution >= 0.6 is 0 Å². The molecule has 2 aromatic carbocycles. The fraction of sp³-hybridized carbons (Fsp3) is 0.294. The van der Waals surface area contributed by atoms with Crippen molar-refractivity contribution in [3.63, 3.8) is 0 Å². The lowest BCUT2D eigenvalue weighted by molar-refractivity contribution is 0.627. The standard InChI is InChI=1S/C17H22N2/c1-11-7-6-10-15(14(11)4)17(19-18)16-12(2)8-5-9-13(16)3/h5-10,17,19H,18H2,1-4H3. The zero-order valence-corrected chi connectivity index (χ0v) is 12.1. The summed E-state index contributed by atoms with van der Waals surface area (Å²) >= 11 is 0. The van der Waals surface area contributed by atoms with Gasteiger partial charge in [0, 0.05) is 0 Å². The molecule has 0 amide bonds. The molecule has 2 nitrogen and oxygen atoms in total. The van der Waals surface area contributed by atoms with Crippen molar-refractivity contribution in [1.82, 2.24) is 5.43 Å². The number of nitrogens with one attached hydrogen (secondary N) is 1. The molecule has 1 unspecified atom stereocenters. The van der Waals surface area contributed by atoms with Gasteiger partial charge in [-0.15, -0.1) is 0 Å². The Morgan fingerprint density at radius 3 is 1.95 bits per heavy atom. The van der Waals surface area contributed by atoms with Gasteiger partial charge in [0.05, 0.1) is 6.04 Å². The molecule has 0 heterocycles. The second-order valence-corrected chi connectivity index (χ2v) is 5.19. The van der Waals surface area contributed by atoms with Gasteiger partial charge in [-0.2, -0.15) is 0 Å². The predicted molar refractivity (Wildman–Crippen MR) is 81.0 cm³/mol. The van der Waals surface area contributed by atoms with Crippen LogP contribution in [-0.4, -0.2) is 0 Å². The third-order valence-corrected chi connectivity index (χ3v) is 3.96. The Kier molecular flexibility index (Phi) is 4.03. The quantitative estimate of drug-likeness (QED) is 0.650. The van der Waals surface area contributed by atoms with E-state index in [2.05, 4.69) is 69.5 Å². The van der Waals surface area contributed by atoms with Crippen molar-refractivity contribution in [3.05, 3.63) is 69.8 Å². The van der Waals surface area contributed by atoms with Crippen LogP contribution in [0.25, 0.3) is 0 Å². The molecule has 0 aliphatic rings. The fourth-order valence-corrected chi connectivity index (χ4v) is 2.70. The normalized spacial score (nSPS) is 12.5. The average molecular weight is 254 g/mol. The number of hydrazine groups is 1. The molecule has 1 atom stereocenters. The van der Waals surface area contributed by atoms with Crippen LogP contribution in [0.2, 0.25) is 0 Å². The van der Waals surface area contributed by atoms with E-state index in [1.165, 1.54) is 33.4 Å². The lowest BCUT2D eigenvalue weighted by atomic mass is 9.88. The minimum absolute atomic E-state index is 0.0427. The van der Waals surface area contributed by atoms with Crippen LogP contribution in [0.5, 0.6) is 0 Å². The molecule has 0 aliphatic heterocycles. The first kappa shape index (κ1) is 13.8. The summed E-state index contributed by atoms with van der Waals surface area (Å²) in [6.07, 6.45) is 0. The molecule has 0 aliphatic carbocycles. The van der Waals surface area contributed by atoms with Crippen LogP contribution < -0.4 is 11.3 Å². The molecule has 100 valence electrons. The molecule has 2 rings (SSSR count). The highest BCUT2D eigenvalue weighted by Crippen LogP contribution is 2.30. The summed E-state index contributed by atoms with van der Waals surface area (Å²) in [6.45, 7) is 8.56. The van der Waals surface area contributed by atoms with Crippen LogP contribution in [0.4, 0.5) is 0 Å². The highest BCUT2D eigenvalue weighted by molar-refractivity contribution is 5.45. The zero-order valence-electron chi connectivity index (χ0n) is 12.1. The summed E-state index contributed by atoms with van der Waals surface area (Å²) in [7, 11) is 0. The fourth-order valence-electron chi connectivity index (χ4n) is 2.70. The van der Waals surface area contributed by atoms with Crippen molar-refractivity contribution in [2.45, 2.75) is 33.7 Å². The van der Waals surface area contributed by atoms with E-state index in [1.807, 2.05) is 0 Å². The number of hydrogen-bond donors (Lipinski definition) is 2. The van der Waals surface area contributed by atoms with Crippen LogP contribution in [0.15, 0.2) is 36.4 Å². The lowest BCUT2D eigenvalue weighted by Crippen LogP contribution is -2.30. The van der Waals surface area contributed by atoms with Gasteiger partial charge in [-0.1, -0.05) is 36.4 Å². The molecule has 0 fully saturated rings. The number of rotatable bonds is 3. The highest BCUT2D eigenvalue weighted by atomic mass is 15.2. The third-order valence-electron chi connectivity index (χ3n) is 3.96. The van der Waals surface area contributed by atoms with Gasteiger partial charge < -0.3 is 0 Å². The molecule has 2 aromatic rings. The number of benzene rings is 2. The lowest BCUT2D eigenvalue weighted by Gasteiger charge is -2.23. The van der Waals surface area contributed by atoms with Crippen molar-refractivity contribution in [2.24, 2.45) is 5.84 Å². The van der Waals surface area contributed by atoms with Gasteiger partial charge in [0.25, 0.3) is 0 Å². The first-order valence-electron chi connectivity index (χ1n) is 6.64. The van der Waals surface area contributed by atoms with E-state index in [0.717, 1.165) is 0 Å². The van der Waals surface area contributed by atoms with E-state index in [1.54, 1.807) is 0 Å². The summed E-state index contributed by atoms with van der Waals surface area (Å²) < 4.78 is 0. The summed E-state index contributed by atoms with van der Waals surface area (Å²) in [4.78, 5) is 0. The van der Waals surface area contributed by atoms with Gasteiger partial charge >= 0.3 is 0 Å². The summed E-state index contributed by atoms with van der Waals surface area (Å²) in [6, 6.07) is 12.8. The van der Waals surface area contributed by atoms with Gasteiger partial charge in [0.15, 0.2) is 0 Å².